The van der Waals surface area contributed by atoms with E-state index in [1.165, 1.54) is 6.07 Å². The van der Waals surface area contributed by atoms with Crippen LogP contribution in [0.25, 0.3) is 0 Å². The number of piperidine rings is 1. The Morgan fingerprint density at radius 3 is 2.82 bits per heavy atom. The van der Waals surface area contributed by atoms with E-state index in [1.807, 2.05) is 13.8 Å². The standard InChI is InChI=1S/C13H15BrFNO/c1-8-5-11(15)10(14)6-12(8)16-4-3-13(17)9(2)7-16/h5-6,9H,3-4,7H2,1-2H3. The van der Waals surface area contributed by atoms with Gasteiger partial charge in [-0.15, -0.1) is 0 Å². The van der Waals surface area contributed by atoms with Crippen LogP contribution in [0.4, 0.5) is 10.1 Å². The molecule has 0 aliphatic carbocycles. The number of aryl methyl sites for hydroxylation is 1. The number of benzene rings is 1. The molecule has 0 aromatic heterocycles. The highest BCUT2D eigenvalue weighted by molar-refractivity contribution is 9.10. The summed E-state index contributed by atoms with van der Waals surface area (Å²) in [5, 5.41) is 0. The molecule has 2 nitrogen and oxygen atoms in total. The SMILES string of the molecule is Cc1cc(F)c(Br)cc1N1CCC(=O)C(C)C1. The van der Waals surface area contributed by atoms with E-state index in [0.717, 1.165) is 24.3 Å². The lowest BCUT2D eigenvalue weighted by atomic mass is 9.97. The first kappa shape index (κ1) is 12.6. The van der Waals surface area contributed by atoms with Crippen LogP contribution < -0.4 is 4.90 Å². The van der Waals surface area contributed by atoms with E-state index in [0.29, 0.717) is 16.7 Å². The zero-order valence-electron chi connectivity index (χ0n) is 9.96. The van der Waals surface area contributed by atoms with Gasteiger partial charge in [0.1, 0.15) is 11.6 Å². The molecule has 4 heteroatoms. The lowest BCUT2D eigenvalue weighted by Gasteiger charge is -2.33. The number of ketones is 1. The number of carbonyl (C=O) groups is 1. The highest BCUT2D eigenvalue weighted by Gasteiger charge is 2.24. The maximum Gasteiger partial charge on any atom is 0.139 e. The monoisotopic (exact) mass is 299 g/mol. The van der Waals surface area contributed by atoms with Crippen molar-refractivity contribution in [2.24, 2.45) is 5.92 Å². The molecule has 0 N–H and O–H groups in total. The van der Waals surface area contributed by atoms with Gasteiger partial charge in [-0.2, -0.15) is 0 Å². The summed E-state index contributed by atoms with van der Waals surface area (Å²) in [6.45, 7) is 5.29. The van der Waals surface area contributed by atoms with Gasteiger partial charge in [-0.1, -0.05) is 6.92 Å². The molecule has 1 unspecified atom stereocenters. The molecule has 1 aliphatic heterocycles. The molecular formula is C13H15BrFNO. The minimum atomic E-state index is -0.243. The third-order valence-corrected chi connectivity index (χ3v) is 3.86. The zero-order chi connectivity index (χ0) is 12.6. The molecule has 0 spiro atoms. The maximum absolute atomic E-state index is 13.3. The summed E-state index contributed by atoms with van der Waals surface area (Å²) in [6, 6.07) is 3.33. The van der Waals surface area contributed by atoms with Gasteiger partial charge in [0.25, 0.3) is 0 Å². The minimum Gasteiger partial charge on any atom is -0.370 e. The van der Waals surface area contributed by atoms with Crippen LogP contribution in [0.15, 0.2) is 16.6 Å². The Bertz CT molecular complexity index is 461. The van der Waals surface area contributed by atoms with Crippen molar-refractivity contribution in [3.63, 3.8) is 0 Å². The first-order chi connectivity index (χ1) is 7.99. The normalized spacial score (nSPS) is 20.8. The Kier molecular flexibility index (Phi) is 3.52. The zero-order valence-corrected chi connectivity index (χ0v) is 11.6. The number of rotatable bonds is 1. The van der Waals surface area contributed by atoms with Gasteiger partial charge in [-0.25, -0.2) is 4.39 Å². The number of hydrogen-bond donors (Lipinski definition) is 0. The summed E-state index contributed by atoms with van der Waals surface area (Å²) in [7, 11) is 0. The summed E-state index contributed by atoms with van der Waals surface area (Å²) in [6.07, 6.45) is 0.579. The molecule has 1 heterocycles. The molecule has 1 aromatic carbocycles. The van der Waals surface area contributed by atoms with Crippen LogP contribution >= 0.6 is 15.9 Å². The summed E-state index contributed by atoms with van der Waals surface area (Å²) < 4.78 is 13.8. The molecule has 1 aromatic rings. The van der Waals surface area contributed by atoms with Crippen molar-refractivity contribution in [1.82, 2.24) is 0 Å². The van der Waals surface area contributed by atoms with Gasteiger partial charge in [0.2, 0.25) is 0 Å². The average molecular weight is 300 g/mol. The fraction of sp³-hybridized carbons (Fsp3) is 0.462. The van der Waals surface area contributed by atoms with Crippen molar-refractivity contribution >= 4 is 27.4 Å². The molecule has 0 bridgehead atoms. The fourth-order valence-electron chi connectivity index (χ4n) is 2.21. The van der Waals surface area contributed by atoms with Crippen LogP contribution in [-0.4, -0.2) is 18.9 Å². The van der Waals surface area contributed by atoms with Crippen LogP contribution in [0.5, 0.6) is 0 Å². The van der Waals surface area contributed by atoms with E-state index >= 15 is 0 Å². The number of nitrogens with zero attached hydrogens (tertiary/aromatic N) is 1. The van der Waals surface area contributed by atoms with E-state index in [9.17, 15) is 9.18 Å². The van der Waals surface area contributed by atoms with E-state index in [4.69, 9.17) is 0 Å². The maximum atomic E-state index is 13.3. The molecule has 2 rings (SSSR count). The van der Waals surface area contributed by atoms with Gasteiger partial charge in [0.15, 0.2) is 0 Å². The number of Topliss-reactive ketones (excluding diaryl/α,β-unsaturated/α-hetero) is 1. The Balaban J connectivity index is 2.29. The smallest absolute Gasteiger partial charge is 0.139 e. The fourth-order valence-corrected chi connectivity index (χ4v) is 2.54. The van der Waals surface area contributed by atoms with Gasteiger partial charge in [-0.3, -0.25) is 4.79 Å². The van der Waals surface area contributed by atoms with Crippen molar-refractivity contribution in [2.45, 2.75) is 20.3 Å². The Labute approximate surface area is 109 Å². The quantitative estimate of drug-likeness (QED) is 0.793. The predicted octanol–water partition coefficient (Wildman–Crippen LogP) is 3.31. The topological polar surface area (TPSA) is 20.3 Å². The molecule has 1 aliphatic rings. The van der Waals surface area contributed by atoms with Gasteiger partial charge >= 0.3 is 0 Å². The highest BCUT2D eigenvalue weighted by Crippen LogP contribution is 2.29. The highest BCUT2D eigenvalue weighted by atomic mass is 79.9. The number of carbonyl (C=O) groups excluding carboxylic acids is 1. The van der Waals surface area contributed by atoms with E-state index in [-0.39, 0.29) is 11.7 Å². The molecule has 0 amide bonds. The summed E-state index contributed by atoms with van der Waals surface area (Å²) in [5.74, 6) is 0.138. The lowest BCUT2D eigenvalue weighted by molar-refractivity contribution is -0.122. The third kappa shape index (κ3) is 2.51. The van der Waals surface area contributed by atoms with E-state index in [2.05, 4.69) is 20.8 Å². The van der Waals surface area contributed by atoms with Crippen molar-refractivity contribution < 1.29 is 9.18 Å². The third-order valence-electron chi connectivity index (χ3n) is 3.25. The lowest BCUT2D eigenvalue weighted by Crippen LogP contribution is -2.39. The van der Waals surface area contributed by atoms with Crippen molar-refractivity contribution in [3.05, 3.63) is 28.0 Å². The number of anilines is 1. The largest absolute Gasteiger partial charge is 0.370 e. The predicted molar refractivity (Wildman–Crippen MR) is 69.8 cm³/mol. The molecule has 0 radical (unpaired) electrons. The van der Waals surface area contributed by atoms with Gasteiger partial charge < -0.3 is 4.90 Å². The van der Waals surface area contributed by atoms with E-state index in [1.54, 1.807) is 6.07 Å². The van der Waals surface area contributed by atoms with Gasteiger partial charge in [0, 0.05) is 31.1 Å². The summed E-state index contributed by atoms with van der Waals surface area (Å²) in [5.41, 5.74) is 1.92. The average Bonchev–Trinajstić information content (AvgIpc) is 2.27. The van der Waals surface area contributed by atoms with Crippen LogP contribution in [0, 0.1) is 18.7 Å². The molecule has 1 atom stereocenters. The second-order valence-corrected chi connectivity index (χ2v) is 5.47. The summed E-state index contributed by atoms with van der Waals surface area (Å²) in [4.78, 5) is 13.6. The molecule has 1 saturated heterocycles. The molecule has 0 saturated carbocycles. The number of halogens is 2. The van der Waals surface area contributed by atoms with Crippen molar-refractivity contribution in [2.75, 3.05) is 18.0 Å². The Hall–Kier alpha value is -0.900. The Morgan fingerprint density at radius 1 is 1.47 bits per heavy atom. The first-order valence-electron chi connectivity index (χ1n) is 5.72. The Morgan fingerprint density at radius 2 is 2.18 bits per heavy atom. The number of hydrogen-bond acceptors (Lipinski definition) is 2. The first-order valence-corrected chi connectivity index (χ1v) is 6.51. The van der Waals surface area contributed by atoms with Crippen molar-refractivity contribution in [1.29, 1.82) is 0 Å². The van der Waals surface area contributed by atoms with Gasteiger partial charge in [0.05, 0.1) is 4.47 Å². The second kappa shape index (κ2) is 4.77. The van der Waals surface area contributed by atoms with Crippen LogP contribution in [0.3, 0.4) is 0 Å². The van der Waals surface area contributed by atoms with Gasteiger partial charge in [-0.05, 0) is 40.5 Å². The minimum absolute atomic E-state index is 0.0620. The van der Waals surface area contributed by atoms with Crippen LogP contribution in [0.2, 0.25) is 0 Å². The molecule has 92 valence electrons. The summed E-state index contributed by atoms with van der Waals surface area (Å²) >= 11 is 3.21. The molecular weight excluding hydrogens is 285 g/mol. The van der Waals surface area contributed by atoms with E-state index < -0.39 is 0 Å². The molecule has 17 heavy (non-hydrogen) atoms. The molecule has 1 fully saturated rings. The van der Waals surface area contributed by atoms with Crippen molar-refractivity contribution in [3.8, 4) is 0 Å². The second-order valence-electron chi connectivity index (χ2n) is 4.62. The van der Waals surface area contributed by atoms with Crippen LogP contribution in [-0.2, 0) is 4.79 Å². The van der Waals surface area contributed by atoms with Crippen LogP contribution in [0.1, 0.15) is 18.9 Å².